The summed E-state index contributed by atoms with van der Waals surface area (Å²) in [4.78, 5) is 14.3. The molecule has 3 heteroatoms. The van der Waals surface area contributed by atoms with E-state index >= 15 is 0 Å². The van der Waals surface area contributed by atoms with Gasteiger partial charge in [-0.2, -0.15) is 0 Å². The normalized spacial score (nSPS) is 18.9. The fraction of sp³-hybridized carbons (Fsp3) is 0.588. The molecule has 1 unspecified atom stereocenters. The molecule has 3 nitrogen and oxygen atoms in total. The van der Waals surface area contributed by atoms with Gasteiger partial charge in [-0.15, -0.1) is 0 Å². The number of hydrogen-bond acceptors (Lipinski definition) is 2. The predicted octanol–water partition coefficient (Wildman–Crippen LogP) is 3.47. The van der Waals surface area contributed by atoms with Crippen LogP contribution in [-0.2, 0) is 4.79 Å². The lowest BCUT2D eigenvalue weighted by atomic mass is 10.00. The lowest BCUT2D eigenvalue weighted by Crippen LogP contribution is -2.45. The Morgan fingerprint density at radius 1 is 1.30 bits per heavy atom. The van der Waals surface area contributed by atoms with Crippen LogP contribution in [0.2, 0.25) is 0 Å². The Morgan fingerprint density at radius 3 is 2.80 bits per heavy atom. The molecule has 0 spiro atoms. The highest BCUT2D eigenvalue weighted by Crippen LogP contribution is 2.20. The summed E-state index contributed by atoms with van der Waals surface area (Å²) in [7, 11) is 0. The maximum Gasteiger partial charge on any atom is 0.260 e. The molecule has 0 N–H and O–H groups in total. The van der Waals surface area contributed by atoms with Gasteiger partial charge in [0.05, 0.1) is 0 Å². The van der Waals surface area contributed by atoms with Crippen molar-refractivity contribution in [3.63, 3.8) is 0 Å². The third kappa shape index (κ3) is 3.53. The zero-order chi connectivity index (χ0) is 14.5. The SMILES string of the molecule is CCC1CCCCN1C(=O)COc1ccc(C)c(C)c1. The fourth-order valence-electron chi connectivity index (χ4n) is 2.79. The molecule has 1 aromatic carbocycles. The van der Waals surface area contributed by atoms with Crippen LogP contribution in [0.5, 0.6) is 5.75 Å². The smallest absolute Gasteiger partial charge is 0.260 e. The van der Waals surface area contributed by atoms with E-state index in [1.807, 2.05) is 23.1 Å². The van der Waals surface area contributed by atoms with Crippen molar-refractivity contribution in [1.82, 2.24) is 4.90 Å². The quantitative estimate of drug-likeness (QED) is 0.842. The summed E-state index contributed by atoms with van der Waals surface area (Å²) < 4.78 is 5.66. The minimum Gasteiger partial charge on any atom is -0.484 e. The van der Waals surface area contributed by atoms with Crippen molar-refractivity contribution in [3.8, 4) is 5.75 Å². The van der Waals surface area contributed by atoms with E-state index in [4.69, 9.17) is 4.74 Å². The topological polar surface area (TPSA) is 29.5 Å². The molecule has 2 rings (SSSR count). The summed E-state index contributed by atoms with van der Waals surface area (Å²) in [5, 5.41) is 0. The number of likely N-dealkylation sites (tertiary alicyclic amines) is 1. The van der Waals surface area contributed by atoms with Gasteiger partial charge in [-0.1, -0.05) is 13.0 Å². The number of amides is 1. The number of ether oxygens (including phenoxy) is 1. The second-order valence-corrected chi connectivity index (χ2v) is 5.68. The van der Waals surface area contributed by atoms with Gasteiger partial charge in [0.15, 0.2) is 6.61 Å². The van der Waals surface area contributed by atoms with Gasteiger partial charge in [-0.25, -0.2) is 0 Å². The van der Waals surface area contributed by atoms with Gasteiger partial charge >= 0.3 is 0 Å². The van der Waals surface area contributed by atoms with Crippen LogP contribution in [0, 0.1) is 13.8 Å². The first-order valence-corrected chi connectivity index (χ1v) is 7.61. The molecule has 1 fully saturated rings. The molecule has 0 aromatic heterocycles. The Kier molecular flexibility index (Phi) is 5.05. The molecule has 1 atom stereocenters. The fourth-order valence-corrected chi connectivity index (χ4v) is 2.79. The Labute approximate surface area is 121 Å². The predicted molar refractivity (Wildman–Crippen MR) is 81.1 cm³/mol. The monoisotopic (exact) mass is 275 g/mol. The minimum absolute atomic E-state index is 0.120. The van der Waals surface area contributed by atoms with Crippen molar-refractivity contribution in [3.05, 3.63) is 29.3 Å². The molecule has 0 radical (unpaired) electrons. The first kappa shape index (κ1) is 14.9. The zero-order valence-corrected chi connectivity index (χ0v) is 12.8. The molecule has 110 valence electrons. The summed E-state index contributed by atoms with van der Waals surface area (Å²) in [6.45, 7) is 7.32. The number of benzene rings is 1. The number of carbonyl (C=O) groups is 1. The van der Waals surface area contributed by atoms with E-state index in [0.717, 1.165) is 31.6 Å². The summed E-state index contributed by atoms with van der Waals surface area (Å²) in [6, 6.07) is 6.36. The molecule has 1 aliphatic rings. The van der Waals surface area contributed by atoms with Gasteiger partial charge in [0.1, 0.15) is 5.75 Å². The van der Waals surface area contributed by atoms with Crippen LogP contribution in [0.4, 0.5) is 0 Å². The van der Waals surface area contributed by atoms with Crippen LogP contribution in [0.25, 0.3) is 0 Å². The van der Waals surface area contributed by atoms with Crippen molar-refractivity contribution < 1.29 is 9.53 Å². The van der Waals surface area contributed by atoms with Gasteiger partial charge < -0.3 is 9.64 Å². The summed E-state index contributed by atoms with van der Waals surface area (Å²) in [5.74, 6) is 0.904. The third-order valence-electron chi connectivity index (χ3n) is 4.26. The molecule has 1 amide bonds. The lowest BCUT2D eigenvalue weighted by Gasteiger charge is -2.35. The molecule has 0 aliphatic carbocycles. The van der Waals surface area contributed by atoms with Gasteiger partial charge in [0, 0.05) is 12.6 Å². The first-order chi connectivity index (χ1) is 9.61. The first-order valence-electron chi connectivity index (χ1n) is 7.61. The number of rotatable bonds is 4. The molecule has 1 aromatic rings. The Bertz CT molecular complexity index is 470. The van der Waals surface area contributed by atoms with Crippen LogP contribution < -0.4 is 4.74 Å². The van der Waals surface area contributed by atoms with Crippen molar-refractivity contribution in [2.24, 2.45) is 0 Å². The van der Waals surface area contributed by atoms with Crippen molar-refractivity contribution >= 4 is 5.91 Å². The molecular formula is C17H25NO2. The number of carbonyl (C=O) groups excluding carboxylic acids is 1. The minimum atomic E-state index is 0.120. The molecule has 0 bridgehead atoms. The molecule has 20 heavy (non-hydrogen) atoms. The highest BCUT2D eigenvalue weighted by molar-refractivity contribution is 5.78. The molecule has 1 aliphatic heterocycles. The van der Waals surface area contributed by atoms with E-state index in [1.54, 1.807) is 0 Å². The maximum atomic E-state index is 12.3. The van der Waals surface area contributed by atoms with E-state index in [0.29, 0.717) is 6.04 Å². The third-order valence-corrected chi connectivity index (χ3v) is 4.26. The van der Waals surface area contributed by atoms with E-state index in [-0.39, 0.29) is 12.5 Å². The standard InChI is InChI=1S/C17H25NO2/c1-4-15-7-5-6-10-18(15)17(19)12-20-16-9-8-13(2)14(3)11-16/h8-9,11,15H,4-7,10,12H2,1-3H3. The molecule has 1 heterocycles. The van der Waals surface area contributed by atoms with Crippen LogP contribution in [0.1, 0.15) is 43.7 Å². The Hall–Kier alpha value is -1.51. The van der Waals surface area contributed by atoms with Crippen molar-refractivity contribution in [2.75, 3.05) is 13.2 Å². The van der Waals surface area contributed by atoms with Gasteiger partial charge in [-0.3, -0.25) is 4.79 Å². The van der Waals surface area contributed by atoms with E-state index in [9.17, 15) is 4.79 Å². The summed E-state index contributed by atoms with van der Waals surface area (Å²) in [5.41, 5.74) is 2.44. The Balaban J connectivity index is 1.92. The number of hydrogen-bond donors (Lipinski definition) is 0. The number of piperidine rings is 1. The number of nitrogens with zero attached hydrogens (tertiary/aromatic N) is 1. The maximum absolute atomic E-state index is 12.3. The average Bonchev–Trinajstić information content (AvgIpc) is 2.48. The van der Waals surface area contributed by atoms with Gasteiger partial charge in [0.2, 0.25) is 0 Å². The molecular weight excluding hydrogens is 250 g/mol. The summed E-state index contributed by atoms with van der Waals surface area (Å²) >= 11 is 0. The van der Waals surface area contributed by atoms with Gasteiger partial charge in [0.25, 0.3) is 5.91 Å². The van der Waals surface area contributed by atoms with Crippen LogP contribution in [0.15, 0.2) is 18.2 Å². The van der Waals surface area contributed by atoms with Crippen molar-refractivity contribution in [2.45, 2.75) is 52.5 Å². The average molecular weight is 275 g/mol. The largest absolute Gasteiger partial charge is 0.484 e. The van der Waals surface area contributed by atoms with Crippen LogP contribution >= 0.6 is 0 Å². The van der Waals surface area contributed by atoms with E-state index in [1.165, 1.54) is 17.5 Å². The van der Waals surface area contributed by atoms with Crippen LogP contribution in [0.3, 0.4) is 0 Å². The van der Waals surface area contributed by atoms with E-state index < -0.39 is 0 Å². The zero-order valence-electron chi connectivity index (χ0n) is 12.8. The Morgan fingerprint density at radius 2 is 2.10 bits per heavy atom. The second-order valence-electron chi connectivity index (χ2n) is 5.68. The highest BCUT2D eigenvalue weighted by atomic mass is 16.5. The second kappa shape index (κ2) is 6.78. The van der Waals surface area contributed by atoms with E-state index in [2.05, 4.69) is 20.8 Å². The summed E-state index contributed by atoms with van der Waals surface area (Å²) in [6.07, 6.45) is 4.52. The molecule has 0 saturated carbocycles. The highest BCUT2D eigenvalue weighted by Gasteiger charge is 2.25. The van der Waals surface area contributed by atoms with Gasteiger partial charge in [-0.05, 0) is 62.8 Å². The lowest BCUT2D eigenvalue weighted by molar-refractivity contribution is -0.137. The number of aryl methyl sites for hydroxylation is 2. The molecule has 1 saturated heterocycles. The van der Waals surface area contributed by atoms with Crippen LogP contribution in [-0.4, -0.2) is 30.0 Å². The van der Waals surface area contributed by atoms with Crippen molar-refractivity contribution in [1.29, 1.82) is 0 Å².